The van der Waals surface area contributed by atoms with Gasteiger partial charge in [0, 0.05) is 36.0 Å². The number of hydrogen-bond donors (Lipinski definition) is 1. The Kier molecular flexibility index (Phi) is 5.15. The summed E-state index contributed by atoms with van der Waals surface area (Å²) in [6, 6.07) is 5.70. The number of benzene rings is 2. The van der Waals surface area contributed by atoms with E-state index in [9.17, 15) is 14.0 Å². The average Bonchev–Trinajstić information content (AvgIpc) is 3.03. The molecule has 2 aliphatic heterocycles. The molecule has 0 unspecified atom stereocenters. The first kappa shape index (κ1) is 22.1. The van der Waals surface area contributed by atoms with Gasteiger partial charge in [0.2, 0.25) is 0 Å². The molecule has 1 aromatic heterocycles. The number of halogens is 2. The van der Waals surface area contributed by atoms with Crippen molar-refractivity contribution in [3.63, 3.8) is 0 Å². The molecule has 0 aliphatic carbocycles. The number of carbonyl (C=O) groups excluding carboxylic acids is 2. The normalized spacial score (nSPS) is 17.2. The fraction of sp³-hybridized carbons (Fsp3) is 0.320. The highest BCUT2D eigenvalue weighted by molar-refractivity contribution is 6.01. The van der Waals surface area contributed by atoms with Gasteiger partial charge in [-0.1, -0.05) is 0 Å². The van der Waals surface area contributed by atoms with Gasteiger partial charge in [-0.3, -0.25) is 14.3 Å². The van der Waals surface area contributed by atoms with Crippen LogP contribution in [-0.4, -0.2) is 34.2 Å². The zero-order chi connectivity index (χ0) is 24.3. The first-order valence-corrected chi connectivity index (χ1v) is 11.1. The van der Waals surface area contributed by atoms with Gasteiger partial charge < -0.3 is 15.0 Å². The zero-order valence-corrected chi connectivity index (χ0v) is 19.3. The first-order chi connectivity index (χ1) is 16.2. The lowest BCUT2D eigenvalue weighted by Crippen LogP contribution is -2.44. The second kappa shape index (κ2) is 7.93. The number of anilines is 1. The van der Waals surface area contributed by atoms with Crippen LogP contribution in [-0.2, 0) is 24.8 Å². The monoisotopic (exact) mass is 466 g/mol. The molecule has 3 heterocycles. The number of hydrogen-bond acceptors (Lipinski definition) is 4. The number of ether oxygens (including phenoxy) is 1. The maximum atomic E-state index is 15.3. The van der Waals surface area contributed by atoms with Gasteiger partial charge in [0.05, 0.1) is 17.9 Å². The smallest absolute Gasteiger partial charge is 0.268 e. The van der Waals surface area contributed by atoms with E-state index >= 15 is 4.39 Å². The lowest BCUT2D eigenvalue weighted by Gasteiger charge is -2.33. The minimum absolute atomic E-state index is 0.0359. The topological polar surface area (TPSA) is 76.5 Å². The highest BCUT2D eigenvalue weighted by atomic mass is 19.1. The molecule has 176 valence electrons. The quantitative estimate of drug-likeness (QED) is 0.640. The number of fused-ring (bicyclic) bond motifs is 2. The van der Waals surface area contributed by atoms with Crippen molar-refractivity contribution in [3.8, 4) is 16.9 Å². The van der Waals surface area contributed by atoms with E-state index in [-0.39, 0.29) is 35.4 Å². The predicted octanol–water partition coefficient (Wildman–Crippen LogP) is 3.58. The Morgan fingerprint density at radius 3 is 2.53 bits per heavy atom. The third kappa shape index (κ3) is 3.43. The standard InChI is InChI=1S/C25H24F2N4O3/c1-12-19(13(2)30(4)29-12)11-31-22-10-16(9-21(27)23(22)34-14(3)25(31)33)15-7-18-17(20(26)8-15)5-6-28-24(18)32/h7-10,14H,5-6,11H2,1-4H3,(H,28,32)/t14-/m1/s1. The van der Waals surface area contributed by atoms with E-state index in [1.165, 1.54) is 17.0 Å². The lowest BCUT2D eigenvalue weighted by molar-refractivity contribution is -0.125. The molecule has 0 fully saturated rings. The Morgan fingerprint density at radius 1 is 1.12 bits per heavy atom. The molecule has 1 N–H and O–H groups in total. The number of nitrogens with one attached hydrogen (secondary N) is 1. The average molecular weight is 466 g/mol. The summed E-state index contributed by atoms with van der Waals surface area (Å²) in [5.41, 5.74) is 4.04. The van der Waals surface area contributed by atoms with Crippen LogP contribution in [0, 0.1) is 25.5 Å². The van der Waals surface area contributed by atoms with E-state index in [1.54, 1.807) is 23.7 Å². The summed E-state index contributed by atoms with van der Waals surface area (Å²) < 4.78 is 37.4. The largest absolute Gasteiger partial charge is 0.476 e. The van der Waals surface area contributed by atoms with E-state index < -0.39 is 17.7 Å². The maximum absolute atomic E-state index is 15.3. The Bertz CT molecular complexity index is 1360. The highest BCUT2D eigenvalue weighted by Gasteiger charge is 2.35. The number of carbonyl (C=O) groups is 2. The number of rotatable bonds is 3. The van der Waals surface area contributed by atoms with Crippen LogP contribution >= 0.6 is 0 Å². The van der Waals surface area contributed by atoms with Gasteiger partial charge in [-0.25, -0.2) is 8.78 Å². The molecule has 7 nitrogen and oxygen atoms in total. The van der Waals surface area contributed by atoms with Crippen molar-refractivity contribution in [1.82, 2.24) is 15.1 Å². The lowest BCUT2D eigenvalue weighted by atomic mass is 9.93. The second-order valence-corrected chi connectivity index (χ2v) is 8.75. The number of aromatic nitrogens is 2. The van der Waals surface area contributed by atoms with E-state index in [0.29, 0.717) is 29.7 Å². The number of aryl methyl sites for hydroxylation is 2. The molecule has 9 heteroatoms. The fourth-order valence-electron chi connectivity index (χ4n) is 4.65. The second-order valence-electron chi connectivity index (χ2n) is 8.75. The van der Waals surface area contributed by atoms with Gasteiger partial charge in [-0.05, 0) is 62.6 Å². The van der Waals surface area contributed by atoms with Crippen LogP contribution in [0.4, 0.5) is 14.5 Å². The summed E-state index contributed by atoms with van der Waals surface area (Å²) in [7, 11) is 1.82. The summed E-state index contributed by atoms with van der Waals surface area (Å²) in [6.45, 7) is 5.90. The molecule has 2 amide bonds. The fourth-order valence-corrected chi connectivity index (χ4v) is 4.65. The van der Waals surface area contributed by atoms with Gasteiger partial charge in [0.25, 0.3) is 11.8 Å². The zero-order valence-electron chi connectivity index (χ0n) is 19.3. The molecule has 2 aliphatic rings. The van der Waals surface area contributed by atoms with Crippen LogP contribution in [0.2, 0.25) is 0 Å². The van der Waals surface area contributed by atoms with Crippen LogP contribution in [0.15, 0.2) is 24.3 Å². The van der Waals surface area contributed by atoms with Crippen molar-refractivity contribution in [3.05, 3.63) is 64.0 Å². The summed E-state index contributed by atoms with van der Waals surface area (Å²) in [5, 5.41) is 7.11. The molecule has 0 saturated carbocycles. The Hall–Kier alpha value is -3.75. The molecule has 3 aromatic rings. The van der Waals surface area contributed by atoms with Crippen LogP contribution in [0.25, 0.3) is 11.1 Å². The molecule has 5 rings (SSSR count). The Labute approximate surface area is 195 Å². The molecular weight excluding hydrogens is 442 g/mol. The van der Waals surface area contributed by atoms with Crippen LogP contribution in [0.3, 0.4) is 0 Å². The van der Waals surface area contributed by atoms with Crippen LogP contribution in [0.5, 0.6) is 5.75 Å². The number of amides is 2. The van der Waals surface area contributed by atoms with Gasteiger partial charge >= 0.3 is 0 Å². The maximum Gasteiger partial charge on any atom is 0.268 e. The number of nitrogens with zero attached hydrogens (tertiary/aromatic N) is 3. The van der Waals surface area contributed by atoms with Gasteiger partial charge in [0.15, 0.2) is 17.7 Å². The van der Waals surface area contributed by atoms with Crippen molar-refractivity contribution in [2.75, 3.05) is 11.4 Å². The van der Waals surface area contributed by atoms with Gasteiger partial charge in [-0.2, -0.15) is 5.10 Å². The van der Waals surface area contributed by atoms with Crippen LogP contribution < -0.4 is 15.0 Å². The van der Waals surface area contributed by atoms with Crippen LogP contribution in [0.1, 0.15) is 39.8 Å². The van der Waals surface area contributed by atoms with E-state index in [2.05, 4.69) is 10.4 Å². The summed E-state index contributed by atoms with van der Waals surface area (Å²) in [5.74, 6) is -1.90. The molecule has 0 saturated heterocycles. The van der Waals surface area contributed by atoms with E-state index in [4.69, 9.17) is 4.74 Å². The van der Waals surface area contributed by atoms with Crippen molar-refractivity contribution < 1.29 is 23.1 Å². The molecular formula is C25H24F2N4O3. The highest BCUT2D eigenvalue weighted by Crippen LogP contribution is 2.41. The van der Waals surface area contributed by atoms with E-state index in [0.717, 1.165) is 17.0 Å². The molecule has 0 bridgehead atoms. The molecule has 34 heavy (non-hydrogen) atoms. The van der Waals surface area contributed by atoms with Crippen molar-refractivity contribution in [1.29, 1.82) is 0 Å². The molecule has 2 aromatic carbocycles. The SMILES string of the molecule is Cc1nn(C)c(C)c1CN1C(=O)[C@@H](C)Oc2c(F)cc(-c3cc(F)c4c(c3)C(=O)NCC4)cc21. The minimum atomic E-state index is -0.866. The summed E-state index contributed by atoms with van der Waals surface area (Å²) in [6.07, 6.45) is -0.473. The minimum Gasteiger partial charge on any atom is -0.476 e. The van der Waals surface area contributed by atoms with Gasteiger partial charge in [-0.15, -0.1) is 0 Å². The first-order valence-electron chi connectivity index (χ1n) is 11.1. The third-order valence-corrected chi connectivity index (χ3v) is 6.63. The Morgan fingerprint density at radius 2 is 1.82 bits per heavy atom. The van der Waals surface area contributed by atoms with E-state index in [1.807, 2.05) is 20.9 Å². The molecule has 0 spiro atoms. The van der Waals surface area contributed by atoms with Crippen molar-refractivity contribution in [2.45, 2.75) is 39.8 Å². The van der Waals surface area contributed by atoms with Crippen molar-refractivity contribution >= 4 is 17.5 Å². The third-order valence-electron chi connectivity index (χ3n) is 6.63. The molecule has 1 atom stereocenters. The van der Waals surface area contributed by atoms with Crippen molar-refractivity contribution in [2.24, 2.45) is 7.05 Å². The summed E-state index contributed by atoms with van der Waals surface area (Å²) >= 11 is 0. The van der Waals surface area contributed by atoms with Gasteiger partial charge in [0.1, 0.15) is 5.82 Å². The predicted molar refractivity (Wildman–Crippen MR) is 122 cm³/mol. The molecule has 0 radical (unpaired) electrons. The Balaban J connectivity index is 1.64. The summed E-state index contributed by atoms with van der Waals surface area (Å²) in [4.78, 5) is 26.9.